The molecule has 0 aromatic heterocycles. The van der Waals surface area contributed by atoms with Gasteiger partial charge in [0.25, 0.3) is 0 Å². The van der Waals surface area contributed by atoms with Gasteiger partial charge in [0.05, 0.1) is 19.8 Å². The number of amides is 2. The Hall–Kier alpha value is -2.90. The molecule has 2 amide bonds. The van der Waals surface area contributed by atoms with Gasteiger partial charge in [-0.15, -0.1) is 0 Å². The molecule has 0 unspecified atom stereocenters. The van der Waals surface area contributed by atoms with Crippen molar-refractivity contribution in [2.24, 2.45) is 0 Å². The molecule has 2 aromatic rings. The Balaban J connectivity index is 1.86. The van der Waals surface area contributed by atoms with Crippen LogP contribution in [-0.2, 0) is 19.1 Å². The summed E-state index contributed by atoms with van der Waals surface area (Å²) in [7, 11) is 2.87. The molecule has 0 fully saturated rings. The van der Waals surface area contributed by atoms with Crippen LogP contribution in [0.15, 0.2) is 42.5 Å². The second kappa shape index (κ2) is 9.16. The fraction of sp³-hybridized carbons (Fsp3) is 0.316. The number of alkyl halides is 3. The molecular formula is C19H21F3N2O3. The van der Waals surface area contributed by atoms with E-state index in [1.807, 2.05) is 24.3 Å². The highest BCUT2D eigenvalue weighted by molar-refractivity contribution is 5.73. The molecule has 0 radical (unpaired) electrons. The first-order chi connectivity index (χ1) is 12.8. The van der Waals surface area contributed by atoms with Gasteiger partial charge in [0.1, 0.15) is 11.5 Å². The van der Waals surface area contributed by atoms with Gasteiger partial charge in [-0.1, -0.05) is 18.2 Å². The number of urea groups is 1. The SMILES string of the molecule is COc1ccc(CCNC(=O)NCc2ccc(OC)cc2C(F)(F)F)cc1. The molecule has 0 aliphatic heterocycles. The molecule has 146 valence electrons. The average molecular weight is 382 g/mol. The van der Waals surface area contributed by atoms with Gasteiger partial charge in [-0.2, -0.15) is 13.2 Å². The minimum atomic E-state index is -4.53. The molecule has 0 saturated carbocycles. The van der Waals surface area contributed by atoms with Crippen LogP contribution in [0.5, 0.6) is 11.5 Å². The Labute approximate surface area is 155 Å². The topological polar surface area (TPSA) is 59.6 Å². The van der Waals surface area contributed by atoms with E-state index in [-0.39, 0.29) is 17.9 Å². The first-order valence-electron chi connectivity index (χ1n) is 8.22. The van der Waals surface area contributed by atoms with Crippen LogP contribution in [0, 0.1) is 0 Å². The van der Waals surface area contributed by atoms with Gasteiger partial charge in [0.15, 0.2) is 0 Å². The molecular weight excluding hydrogens is 361 g/mol. The molecule has 2 aromatic carbocycles. The molecule has 8 heteroatoms. The summed E-state index contributed by atoms with van der Waals surface area (Å²) >= 11 is 0. The van der Waals surface area contributed by atoms with Gasteiger partial charge in [-0.3, -0.25) is 0 Å². The first kappa shape index (κ1) is 20.4. The minimum Gasteiger partial charge on any atom is -0.497 e. The third-order valence-electron chi connectivity index (χ3n) is 3.92. The van der Waals surface area contributed by atoms with Gasteiger partial charge in [0.2, 0.25) is 0 Å². The lowest BCUT2D eigenvalue weighted by atomic mass is 10.1. The van der Waals surface area contributed by atoms with E-state index in [1.54, 1.807) is 7.11 Å². The summed E-state index contributed by atoms with van der Waals surface area (Å²) in [6.45, 7) is 0.111. The number of benzene rings is 2. The number of halogens is 3. The van der Waals surface area contributed by atoms with E-state index in [9.17, 15) is 18.0 Å². The molecule has 0 aliphatic carbocycles. The predicted molar refractivity (Wildman–Crippen MR) is 94.9 cm³/mol. The van der Waals surface area contributed by atoms with E-state index in [2.05, 4.69) is 10.6 Å². The number of hydrogen-bond donors (Lipinski definition) is 2. The Kier molecular flexibility index (Phi) is 6.92. The number of nitrogens with one attached hydrogen (secondary N) is 2. The van der Waals surface area contributed by atoms with E-state index in [0.29, 0.717) is 13.0 Å². The lowest BCUT2D eigenvalue weighted by Gasteiger charge is -2.15. The lowest BCUT2D eigenvalue weighted by molar-refractivity contribution is -0.138. The van der Waals surface area contributed by atoms with Crippen LogP contribution >= 0.6 is 0 Å². The largest absolute Gasteiger partial charge is 0.497 e. The highest BCUT2D eigenvalue weighted by Gasteiger charge is 2.33. The number of carbonyl (C=O) groups excluding carboxylic acids is 1. The monoisotopic (exact) mass is 382 g/mol. The molecule has 0 atom stereocenters. The molecule has 0 heterocycles. The lowest BCUT2D eigenvalue weighted by Crippen LogP contribution is -2.36. The molecule has 0 aliphatic rings. The Morgan fingerprint density at radius 3 is 2.19 bits per heavy atom. The third kappa shape index (κ3) is 6.09. The van der Waals surface area contributed by atoms with Gasteiger partial charge >= 0.3 is 12.2 Å². The zero-order valence-electron chi connectivity index (χ0n) is 15.0. The fourth-order valence-electron chi connectivity index (χ4n) is 2.45. The van der Waals surface area contributed by atoms with Gasteiger partial charge in [-0.05, 0) is 41.8 Å². The molecule has 2 N–H and O–H groups in total. The zero-order valence-corrected chi connectivity index (χ0v) is 15.0. The highest BCUT2D eigenvalue weighted by atomic mass is 19.4. The summed E-state index contributed by atoms with van der Waals surface area (Å²) in [6.07, 6.45) is -3.94. The Bertz CT molecular complexity index is 762. The molecule has 2 rings (SSSR count). The Morgan fingerprint density at radius 1 is 0.963 bits per heavy atom. The predicted octanol–water partition coefficient (Wildman–Crippen LogP) is 3.76. The quantitative estimate of drug-likeness (QED) is 0.767. The maximum absolute atomic E-state index is 13.1. The molecule has 5 nitrogen and oxygen atoms in total. The van der Waals surface area contributed by atoms with E-state index in [1.165, 1.54) is 19.2 Å². The Morgan fingerprint density at radius 2 is 1.59 bits per heavy atom. The summed E-state index contributed by atoms with van der Waals surface area (Å²) in [5.74, 6) is 0.847. The van der Waals surface area contributed by atoms with Crippen LogP contribution in [0.2, 0.25) is 0 Å². The maximum Gasteiger partial charge on any atom is 0.416 e. The molecule has 0 spiro atoms. The summed E-state index contributed by atoms with van der Waals surface area (Å²) in [4.78, 5) is 11.8. The number of hydrogen-bond acceptors (Lipinski definition) is 3. The van der Waals surface area contributed by atoms with Crippen molar-refractivity contribution in [3.63, 3.8) is 0 Å². The maximum atomic E-state index is 13.1. The molecule has 0 bridgehead atoms. The standard InChI is InChI=1S/C19H21F3N2O3/c1-26-15-6-3-13(4-7-15)9-10-23-18(25)24-12-14-5-8-16(27-2)11-17(14)19(20,21)22/h3-8,11H,9-10,12H2,1-2H3,(H2,23,24,25). The van der Waals surface area contributed by atoms with Crippen molar-refractivity contribution in [2.45, 2.75) is 19.1 Å². The van der Waals surface area contributed by atoms with Crippen molar-refractivity contribution in [1.29, 1.82) is 0 Å². The van der Waals surface area contributed by atoms with Crippen LogP contribution in [0.1, 0.15) is 16.7 Å². The van der Waals surface area contributed by atoms with Gasteiger partial charge in [-0.25, -0.2) is 4.79 Å². The molecule has 0 saturated heterocycles. The zero-order chi connectivity index (χ0) is 19.9. The van der Waals surface area contributed by atoms with Crippen molar-refractivity contribution >= 4 is 6.03 Å². The summed E-state index contributed by atoms with van der Waals surface area (Å²) in [5.41, 5.74) is 0.139. The van der Waals surface area contributed by atoms with Gasteiger partial charge in [0, 0.05) is 13.1 Å². The van der Waals surface area contributed by atoms with E-state index in [0.717, 1.165) is 17.4 Å². The van der Waals surface area contributed by atoms with Crippen LogP contribution in [0.25, 0.3) is 0 Å². The van der Waals surface area contributed by atoms with Crippen LogP contribution in [0.3, 0.4) is 0 Å². The normalized spacial score (nSPS) is 11.0. The first-order valence-corrected chi connectivity index (χ1v) is 8.22. The average Bonchev–Trinajstić information content (AvgIpc) is 2.66. The highest BCUT2D eigenvalue weighted by Crippen LogP contribution is 2.34. The number of carbonyl (C=O) groups is 1. The van der Waals surface area contributed by atoms with Crippen LogP contribution in [-0.4, -0.2) is 26.8 Å². The van der Waals surface area contributed by atoms with E-state index in [4.69, 9.17) is 9.47 Å². The van der Waals surface area contributed by atoms with Crippen molar-refractivity contribution in [3.05, 3.63) is 59.2 Å². The second-order valence-electron chi connectivity index (χ2n) is 5.73. The number of methoxy groups -OCH3 is 2. The van der Waals surface area contributed by atoms with Gasteiger partial charge < -0.3 is 20.1 Å². The van der Waals surface area contributed by atoms with Crippen LogP contribution < -0.4 is 20.1 Å². The smallest absolute Gasteiger partial charge is 0.416 e. The van der Waals surface area contributed by atoms with E-state index >= 15 is 0 Å². The van der Waals surface area contributed by atoms with Crippen molar-refractivity contribution in [1.82, 2.24) is 10.6 Å². The minimum absolute atomic E-state index is 0.0337. The summed E-state index contributed by atoms with van der Waals surface area (Å²) in [5, 5.41) is 5.07. The second-order valence-corrected chi connectivity index (χ2v) is 5.73. The number of ether oxygens (including phenoxy) is 2. The third-order valence-corrected chi connectivity index (χ3v) is 3.92. The van der Waals surface area contributed by atoms with E-state index < -0.39 is 17.8 Å². The summed E-state index contributed by atoms with van der Waals surface area (Å²) in [6, 6.07) is 10.5. The number of rotatable bonds is 7. The van der Waals surface area contributed by atoms with Crippen molar-refractivity contribution < 1.29 is 27.4 Å². The van der Waals surface area contributed by atoms with Crippen LogP contribution in [0.4, 0.5) is 18.0 Å². The summed E-state index contributed by atoms with van der Waals surface area (Å²) < 4.78 is 49.3. The fourth-order valence-corrected chi connectivity index (χ4v) is 2.45. The van der Waals surface area contributed by atoms with Crippen molar-refractivity contribution in [2.75, 3.05) is 20.8 Å². The molecule has 27 heavy (non-hydrogen) atoms. The van der Waals surface area contributed by atoms with Crippen molar-refractivity contribution in [3.8, 4) is 11.5 Å².